The number of anilines is 1. The van der Waals surface area contributed by atoms with Crippen molar-refractivity contribution in [2.45, 2.75) is 31.8 Å². The van der Waals surface area contributed by atoms with E-state index in [4.69, 9.17) is 5.73 Å². The third-order valence-corrected chi connectivity index (χ3v) is 3.36. The van der Waals surface area contributed by atoms with Gasteiger partial charge in [-0.3, -0.25) is 0 Å². The normalized spacial score (nSPS) is 21.1. The van der Waals surface area contributed by atoms with Gasteiger partial charge in [-0.05, 0) is 30.9 Å². The van der Waals surface area contributed by atoms with Crippen molar-refractivity contribution in [2.24, 2.45) is 5.73 Å². The fourth-order valence-corrected chi connectivity index (χ4v) is 2.47. The van der Waals surface area contributed by atoms with Crippen molar-refractivity contribution in [3.8, 4) is 0 Å². The van der Waals surface area contributed by atoms with Gasteiger partial charge in [-0.25, -0.2) is 0 Å². The standard InChI is InChI=1S/C13H20N2O/c14-9-11-5-1-2-7-13(11)15-8-4-3-6-12(15)10-16/h1-2,5,7,12,16H,3-4,6,8-10,14H2. The number of nitrogens with zero attached hydrogens (tertiary/aromatic N) is 1. The van der Waals surface area contributed by atoms with Gasteiger partial charge in [-0.2, -0.15) is 0 Å². The van der Waals surface area contributed by atoms with E-state index in [-0.39, 0.29) is 12.6 Å². The Morgan fingerprint density at radius 1 is 1.31 bits per heavy atom. The van der Waals surface area contributed by atoms with Crippen LogP contribution in [0.3, 0.4) is 0 Å². The van der Waals surface area contributed by atoms with Gasteiger partial charge in [0.05, 0.1) is 12.6 Å². The zero-order chi connectivity index (χ0) is 11.4. The van der Waals surface area contributed by atoms with Gasteiger partial charge in [0.1, 0.15) is 0 Å². The minimum atomic E-state index is 0.235. The molecule has 3 heteroatoms. The van der Waals surface area contributed by atoms with Crippen molar-refractivity contribution in [1.82, 2.24) is 0 Å². The Balaban J connectivity index is 2.26. The van der Waals surface area contributed by atoms with E-state index in [2.05, 4.69) is 17.0 Å². The molecule has 0 aromatic heterocycles. The molecule has 0 radical (unpaired) electrons. The van der Waals surface area contributed by atoms with Crippen LogP contribution < -0.4 is 10.6 Å². The Morgan fingerprint density at radius 2 is 2.12 bits per heavy atom. The van der Waals surface area contributed by atoms with Crippen LogP contribution in [0.25, 0.3) is 0 Å². The Hall–Kier alpha value is -1.06. The van der Waals surface area contributed by atoms with Crippen LogP contribution in [0.1, 0.15) is 24.8 Å². The number of para-hydroxylation sites is 1. The van der Waals surface area contributed by atoms with Crippen molar-refractivity contribution in [2.75, 3.05) is 18.1 Å². The average molecular weight is 220 g/mol. The van der Waals surface area contributed by atoms with E-state index in [1.807, 2.05) is 12.1 Å². The molecule has 0 aliphatic carbocycles. The number of hydrogen-bond donors (Lipinski definition) is 2. The quantitative estimate of drug-likeness (QED) is 0.811. The smallest absolute Gasteiger partial charge is 0.0635 e. The van der Waals surface area contributed by atoms with Crippen LogP contribution in [0.5, 0.6) is 0 Å². The maximum Gasteiger partial charge on any atom is 0.0635 e. The summed E-state index contributed by atoms with van der Waals surface area (Å²) in [6.45, 7) is 1.83. The van der Waals surface area contributed by atoms with Gasteiger partial charge in [0.15, 0.2) is 0 Å². The van der Waals surface area contributed by atoms with Gasteiger partial charge in [-0.15, -0.1) is 0 Å². The molecule has 1 heterocycles. The number of benzene rings is 1. The highest BCUT2D eigenvalue weighted by molar-refractivity contribution is 5.54. The predicted molar refractivity (Wildman–Crippen MR) is 66.4 cm³/mol. The molecule has 1 saturated heterocycles. The first-order valence-electron chi connectivity index (χ1n) is 6.02. The van der Waals surface area contributed by atoms with Crippen molar-refractivity contribution in [3.05, 3.63) is 29.8 Å². The van der Waals surface area contributed by atoms with Gasteiger partial charge < -0.3 is 15.7 Å². The van der Waals surface area contributed by atoms with Crippen LogP contribution in [0, 0.1) is 0 Å². The molecule has 1 aromatic rings. The van der Waals surface area contributed by atoms with E-state index in [0.717, 1.165) is 13.0 Å². The number of rotatable bonds is 3. The number of aliphatic hydroxyl groups excluding tert-OH is 1. The second-order valence-electron chi connectivity index (χ2n) is 4.36. The Morgan fingerprint density at radius 3 is 2.88 bits per heavy atom. The SMILES string of the molecule is NCc1ccccc1N1CCCCC1CO. The molecular weight excluding hydrogens is 200 g/mol. The molecule has 0 saturated carbocycles. The monoisotopic (exact) mass is 220 g/mol. The molecule has 1 aromatic carbocycles. The minimum absolute atomic E-state index is 0.235. The Bertz CT molecular complexity index is 340. The summed E-state index contributed by atoms with van der Waals surface area (Å²) in [5.41, 5.74) is 8.12. The molecule has 2 rings (SSSR count). The zero-order valence-corrected chi connectivity index (χ0v) is 9.60. The van der Waals surface area contributed by atoms with Crippen molar-refractivity contribution >= 4 is 5.69 Å². The molecule has 0 spiro atoms. The van der Waals surface area contributed by atoms with Gasteiger partial charge in [0.2, 0.25) is 0 Å². The summed E-state index contributed by atoms with van der Waals surface area (Å²) in [6.07, 6.45) is 3.50. The lowest BCUT2D eigenvalue weighted by molar-refractivity contribution is 0.240. The molecule has 1 aliphatic heterocycles. The van der Waals surface area contributed by atoms with Crippen LogP contribution >= 0.6 is 0 Å². The van der Waals surface area contributed by atoms with Crippen LogP contribution in [0.15, 0.2) is 24.3 Å². The summed E-state index contributed by atoms with van der Waals surface area (Å²) in [7, 11) is 0. The molecule has 1 fully saturated rings. The molecular formula is C13H20N2O. The van der Waals surface area contributed by atoms with Crippen LogP contribution in [-0.4, -0.2) is 24.3 Å². The second kappa shape index (κ2) is 5.32. The van der Waals surface area contributed by atoms with Crippen molar-refractivity contribution < 1.29 is 5.11 Å². The molecule has 16 heavy (non-hydrogen) atoms. The van der Waals surface area contributed by atoms with Gasteiger partial charge >= 0.3 is 0 Å². The van der Waals surface area contributed by atoms with Crippen molar-refractivity contribution in [3.63, 3.8) is 0 Å². The average Bonchev–Trinajstić information content (AvgIpc) is 2.38. The fraction of sp³-hybridized carbons (Fsp3) is 0.538. The van der Waals surface area contributed by atoms with Crippen LogP contribution in [0.4, 0.5) is 5.69 Å². The third-order valence-electron chi connectivity index (χ3n) is 3.36. The van der Waals surface area contributed by atoms with E-state index < -0.39 is 0 Å². The van der Waals surface area contributed by atoms with Crippen LogP contribution in [-0.2, 0) is 6.54 Å². The summed E-state index contributed by atoms with van der Waals surface area (Å²) in [5, 5.41) is 9.41. The zero-order valence-electron chi connectivity index (χ0n) is 9.60. The summed E-state index contributed by atoms with van der Waals surface area (Å²) < 4.78 is 0. The summed E-state index contributed by atoms with van der Waals surface area (Å²) in [4.78, 5) is 2.31. The number of hydrogen-bond acceptors (Lipinski definition) is 3. The van der Waals surface area contributed by atoms with E-state index in [1.54, 1.807) is 0 Å². The second-order valence-corrected chi connectivity index (χ2v) is 4.36. The molecule has 0 amide bonds. The highest BCUT2D eigenvalue weighted by Gasteiger charge is 2.22. The highest BCUT2D eigenvalue weighted by Crippen LogP contribution is 2.27. The van der Waals surface area contributed by atoms with E-state index in [9.17, 15) is 5.11 Å². The first-order chi connectivity index (χ1) is 7.86. The molecule has 1 unspecified atom stereocenters. The lowest BCUT2D eigenvalue weighted by Crippen LogP contribution is -2.42. The summed E-state index contributed by atoms with van der Waals surface area (Å²) in [5.74, 6) is 0. The minimum Gasteiger partial charge on any atom is -0.394 e. The fourth-order valence-electron chi connectivity index (χ4n) is 2.47. The van der Waals surface area contributed by atoms with Gasteiger partial charge in [0, 0.05) is 18.8 Å². The van der Waals surface area contributed by atoms with E-state index in [0.29, 0.717) is 6.54 Å². The molecule has 0 bridgehead atoms. The third kappa shape index (κ3) is 2.20. The van der Waals surface area contributed by atoms with E-state index >= 15 is 0 Å². The molecule has 1 aliphatic rings. The van der Waals surface area contributed by atoms with Gasteiger partial charge in [-0.1, -0.05) is 18.2 Å². The first-order valence-corrected chi connectivity index (χ1v) is 6.02. The molecule has 88 valence electrons. The largest absolute Gasteiger partial charge is 0.394 e. The predicted octanol–water partition coefficient (Wildman–Crippen LogP) is 1.50. The summed E-state index contributed by atoms with van der Waals surface area (Å²) >= 11 is 0. The lowest BCUT2D eigenvalue weighted by atomic mass is 10.0. The van der Waals surface area contributed by atoms with Crippen LogP contribution in [0.2, 0.25) is 0 Å². The lowest BCUT2D eigenvalue weighted by Gasteiger charge is -2.37. The Kier molecular flexibility index (Phi) is 3.80. The molecule has 3 N–H and O–H groups in total. The number of aliphatic hydroxyl groups is 1. The highest BCUT2D eigenvalue weighted by atomic mass is 16.3. The number of nitrogens with two attached hydrogens (primary N) is 1. The van der Waals surface area contributed by atoms with Gasteiger partial charge in [0.25, 0.3) is 0 Å². The molecule has 3 nitrogen and oxygen atoms in total. The first kappa shape index (κ1) is 11.4. The Labute approximate surface area is 96.9 Å². The van der Waals surface area contributed by atoms with Crippen molar-refractivity contribution in [1.29, 1.82) is 0 Å². The maximum absolute atomic E-state index is 9.41. The summed E-state index contributed by atoms with van der Waals surface area (Å²) in [6, 6.07) is 8.50. The topological polar surface area (TPSA) is 49.5 Å². The maximum atomic E-state index is 9.41. The van der Waals surface area contributed by atoms with E-state index in [1.165, 1.54) is 24.1 Å². The molecule has 1 atom stereocenters. The number of piperidine rings is 1.